The number of nitrogens with zero attached hydrogens (tertiary/aromatic N) is 2. The maximum absolute atomic E-state index is 13.5. The number of hydrogen-bond acceptors (Lipinski definition) is 6. The monoisotopic (exact) mass is 457 g/mol. The number of anilines is 1. The van der Waals surface area contributed by atoms with Crippen molar-refractivity contribution in [2.75, 3.05) is 18.5 Å². The van der Waals surface area contributed by atoms with Crippen LogP contribution in [0.3, 0.4) is 0 Å². The van der Waals surface area contributed by atoms with Crippen LogP contribution in [-0.4, -0.2) is 34.9 Å². The van der Waals surface area contributed by atoms with E-state index >= 15 is 0 Å². The summed E-state index contributed by atoms with van der Waals surface area (Å²) in [4.78, 5) is 32.4. The van der Waals surface area contributed by atoms with Crippen LogP contribution in [0, 0.1) is 6.92 Å². The lowest BCUT2D eigenvalue weighted by molar-refractivity contribution is -0.137. The molecule has 7 heteroatoms. The van der Waals surface area contributed by atoms with Crippen LogP contribution in [0.1, 0.15) is 30.7 Å². The molecule has 0 saturated heterocycles. The Labute approximate surface area is 199 Å². The van der Waals surface area contributed by atoms with Crippen molar-refractivity contribution in [3.63, 3.8) is 0 Å². The van der Waals surface area contributed by atoms with Gasteiger partial charge in [0.05, 0.1) is 31.0 Å². The lowest BCUT2D eigenvalue weighted by Gasteiger charge is -2.15. The smallest absolute Gasteiger partial charge is 0.278 e. The third-order valence-corrected chi connectivity index (χ3v) is 5.37. The molecule has 1 aromatic heterocycles. The van der Waals surface area contributed by atoms with E-state index in [1.807, 2.05) is 51.1 Å². The fraction of sp³-hybridized carbons (Fsp3) is 0.222. The molecular formula is C27H27N3O4. The molecule has 34 heavy (non-hydrogen) atoms. The quantitative estimate of drug-likeness (QED) is 0.474. The first kappa shape index (κ1) is 23.0. The summed E-state index contributed by atoms with van der Waals surface area (Å²) in [5.41, 5.74) is 3.53. The summed E-state index contributed by atoms with van der Waals surface area (Å²) < 4.78 is 11.4. The van der Waals surface area contributed by atoms with Gasteiger partial charge in [-0.3, -0.25) is 19.5 Å². The van der Waals surface area contributed by atoms with Crippen LogP contribution in [0.25, 0.3) is 5.57 Å². The van der Waals surface area contributed by atoms with Crippen LogP contribution in [0.5, 0.6) is 11.5 Å². The first-order chi connectivity index (χ1) is 16.5. The number of pyridine rings is 1. The number of imide groups is 1. The number of amides is 2. The first-order valence-electron chi connectivity index (χ1n) is 11.3. The van der Waals surface area contributed by atoms with Gasteiger partial charge in [0.15, 0.2) is 11.5 Å². The highest BCUT2D eigenvalue weighted by atomic mass is 16.5. The fourth-order valence-electron chi connectivity index (χ4n) is 3.75. The Kier molecular flexibility index (Phi) is 6.92. The second kappa shape index (κ2) is 10.2. The van der Waals surface area contributed by atoms with E-state index in [0.717, 1.165) is 5.56 Å². The Hall–Kier alpha value is -4.13. The number of carbonyl (C=O) groups is 2. The first-order valence-corrected chi connectivity index (χ1v) is 11.3. The van der Waals surface area contributed by atoms with E-state index in [9.17, 15) is 9.59 Å². The van der Waals surface area contributed by atoms with Crippen molar-refractivity contribution in [2.24, 2.45) is 0 Å². The largest absolute Gasteiger partial charge is 0.490 e. The SMILES string of the molecule is CCOc1ccc(NC2=C(c3ccc(C)cc3)C(=O)N(Cc3ccccn3)C2=O)cc1OCC. The Morgan fingerprint density at radius 1 is 0.882 bits per heavy atom. The molecule has 1 aliphatic rings. The summed E-state index contributed by atoms with van der Waals surface area (Å²) in [5.74, 6) is 0.415. The van der Waals surface area contributed by atoms with Crippen LogP contribution in [-0.2, 0) is 16.1 Å². The fourth-order valence-corrected chi connectivity index (χ4v) is 3.75. The van der Waals surface area contributed by atoms with E-state index < -0.39 is 5.91 Å². The number of aromatic nitrogens is 1. The predicted molar refractivity (Wildman–Crippen MR) is 130 cm³/mol. The molecular weight excluding hydrogens is 430 g/mol. The van der Waals surface area contributed by atoms with Crippen LogP contribution >= 0.6 is 0 Å². The summed E-state index contributed by atoms with van der Waals surface area (Å²) in [6, 6.07) is 18.3. The molecule has 3 aromatic rings. The van der Waals surface area contributed by atoms with Crippen molar-refractivity contribution < 1.29 is 19.1 Å². The zero-order chi connectivity index (χ0) is 24.1. The molecule has 0 aliphatic carbocycles. The van der Waals surface area contributed by atoms with E-state index in [-0.39, 0.29) is 18.1 Å². The lowest BCUT2D eigenvalue weighted by atomic mass is 10.0. The molecule has 0 unspecified atom stereocenters. The van der Waals surface area contributed by atoms with Gasteiger partial charge in [-0.25, -0.2) is 0 Å². The standard InChI is InChI=1S/C27H27N3O4/c1-4-33-22-14-13-20(16-23(22)34-5-2)29-25-24(19-11-9-18(3)10-12-19)26(31)30(27(25)32)17-21-8-6-7-15-28-21/h6-16,29H,4-5,17H2,1-3H3. The molecule has 2 amide bonds. The molecule has 0 radical (unpaired) electrons. The molecule has 1 N–H and O–H groups in total. The minimum absolute atomic E-state index is 0.0898. The molecule has 4 rings (SSSR count). The summed E-state index contributed by atoms with van der Waals surface area (Å²) in [6.45, 7) is 6.83. The van der Waals surface area contributed by atoms with Gasteiger partial charge in [-0.2, -0.15) is 0 Å². The third-order valence-electron chi connectivity index (χ3n) is 5.37. The number of hydrogen-bond donors (Lipinski definition) is 1. The molecule has 1 aliphatic heterocycles. The van der Waals surface area contributed by atoms with Gasteiger partial charge in [0.1, 0.15) is 5.70 Å². The molecule has 0 fully saturated rings. The van der Waals surface area contributed by atoms with Gasteiger partial charge in [0.25, 0.3) is 11.8 Å². The van der Waals surface area contributed by atoms with E-state index in [2.05, 4.69) is 10.3 Å². The van der Waals surface area contributed by atoms with E-state index in [1.54, 1.807) is 36.5 Å². The van der Waals surface area contributed by atoms with Gasteiger partial charge in [-0.1, -0.05) is 35.9 Å². The Morgan fingerprint density at radius 2 is 1.62 bits per heavy atom. The van der Waals surface area contributed by atoms with Gasteiger partial charge in [0, 0.05) is 18.0 Å². The second-order valence-corrected chi connectivity index (χ2v) is 7.79. The minimum Gasteiger partial charge on any atom is -0.490 e. The van der Waals surface area contributed by atoms with E-state index in [0.29, 0.717) is 47.2 Å². The van der Waals surface area contributed by atoms with Crippen LogP contribution in [0.2, 0.25) is 0 Å². The molecule has 174 valence electrons. The van der Waals surface area contributed by atoms with Crippen molar-refractivity contribution in [3.8, 4) is 11.5 Å². The van der Waals surface area contributed by atoms with Crippen molar-refractivity contribution in [2.45, 2.75) is 27.3 Å². The maximum atomic E-state index is 13.5. The van der Waals surface area contributed by atoms with Crippen molar-refractivity contribution >= 4 is 23.1 Å². The molecule has 0 bridgehead atoms. The van der Waals surface area contributed by atoms with Crippen LogP contribution in [0.4, 0.5) is 5.69 Å². The minimum atomic E-state index is -0.405. The zero-order valence-corrected chi connectivity index (χ0v) is 19.5. The van der Waals surface area contributed by atoms with Crippen molar-refractivity contribution in [1.82, 2.24) is 9.88 Å². The topological polar surface area (TPSA) is 80.8 Å². The molecule has 0 saturated carbocycles. The Balaban J connectivity index is 1.73. The van der Waals surface area contributed by atoms with Crippen LogP contribution < -0.4 is 14.8 Å². The van der Waals surface area contributed by atoms with Gasteiger partial charge in [-0.05, 0) is 50.6 Å². The number of carbonyl (C=O) groups excluding carboxylic acids is 2. The average Bonchev–Trinajstić information content (AvgIpc) is 3.06. The third kappa shape index (κ3) is 4.78. The normalized spacial score (nSPS) is 13.4. The van der Waals surface area contributed by atoms with Crippen molar-refractivity contribution in [1.29, 1.82) is 0 Å². The number of benzene rings is 2. The van der Waals surface area contributed by atoms with Crippen molar-refractivity contribution in [3.05, 3.63) is 89.4 Å². The van der Waals surface area contributed by atoms with Gasteiger partial charge in [0.2, 0.25) is 0 Å². The summed E-state index contributed by atoms with van der Waals surface area (Å²) in [7, 11) is 0. The highest BCUT2D eigenvalue weighted by Gasteiger charge is 2.39. The van der Waals surface area contributed by atoms with Gasteiger partial charge >= 0.3 is 0 Å². The van der Waals surface area contributed by atoms with Crippen LogP contribution in [0.15, 0.2) is 72.6 Å². The molecule has 0 atom stereocenters. The Morgan fingerprint density at radius 3 is 2.29 bits per heavy atom. The maximum Gasteiger partial charge on any atom is 0.278 e. The molecule has 2 heterocycles. The predicted octanol–water partition coefficient (Wildman–Crippen LogP) is 4.58. The highest BCUT2D eigenvalue weighted by Crippen LogP contribution is 2.35. The molecule has 0 spiro atoms. The average molecular weight is 458 g/mol. The molecule has 7 nitrogen and oxygen atoms in total. The Bertz CT molecular complexity index is 1220. The highest BCUT2D eigenvalue weighted by molar-refractivity contribution is 6.36. The van der Waals surface area contributed by atoms with E-state index in [4.69, 9.17) is 9.47 Å². The summed E-state index contributed by atoms with van der Waals surface area (Å²) in [6.07, 6.45) is 1.64. The molecule has 2 aromatic carbocycles. The number of rotatable bonds is 9. The lowest BCUT2D eigenvalue weighted by Crippen LogP contribution is -2.32. The second-order valence-electron chi connectivity index (χ2n) is 7.79. The number of ether oxygens (including phenoxy) is 2. The summed E-state index contributed by atoms with van der Waals surface area (Å²) in [5, 5.41) is 3.18. The number of nitrogens with one attached hydrogen (secondary N) is 1. The zero-order valence-electron chi connectivity index (χ0n) is 19.5. The van der Waals surface area contributed by atoms with Gasteiger partial charge < -0.3 is 14.8 Å². The van der Waals surface area contributed by atoms with E-state index in [1.165, 1.54) is 4.90 Å². The van der Waals surface area contributed by atoms with Gasteiger partial charge in [-0.15, -0.1) is 0 Å². The summed E-state index contributed by atoms with van der Waals surface area (Å²) >= 11 is 0. The number of aryl methyl sites for hydroxylation is 1.